The first-order valence-corrected chi connectivity index (χ1v) is 6.32. The molecular weight excluding hydrogens is 194 g/mol. The number of rotatable bonds is 2. The summed E-state index contributed by atoms with van der Waals surface area (Å²) in [7, 11) is 0. The van der Waals surface area contributed by atoms with E-state index in [-0.39, 0.29) is 0 Å². The van der Waals surface area contributed by atoms with Crippen LogP contribution in [-0.4, -0.2) is 17.0 Å². The number of nitrogens with zero attached hydrogens (tertiary/aromatic N) is 1. The fourth-order valence-electron chi connectivity index (χ4n) is 3.24. The van der Waals surface area contributed by atoms with E-state index in [0.29, 0.717) is 6.04 Å². The smallest absolute Gasteiger partial charge is 0.0312 e. The van der Waals surface area contributed by atoms with Crippen LogP contribution in [0.25, 0.3) is 0 Å². The van der Waals surface area contributed by atoms with Crippen LogP contribution in [0.3, 0.4) is 0 Å². The van der Waals surface area contributed by atoms with Crippen molar-refractivity contribution in [1.29, 1.82) is 0 Å². The molecule has 2 heterocycles. The number of piperidine rings is 1. The minimum atomic E-state index is 0.666. The van der Waals surface area contributed by atoms with Crippen molar-refractivity contribution in [3.05, 3.63) is 48.0 Å². The second-order valence-electron chi connectivity index (χ2n) is 5.10. The van der Waals surface area contributed by atoms with Gasteiger partial charge in [0.15, 0.2) is 0 Å². The molecular formula is C15H19N. The first-order chi connectivity index (χ1) is 7.84. The Labute approximate surface area is 97.8 Å². The molecule has 1 aromatic rings. The molecule has 2 fully saturated rings. The summed E-state index contributed by atoms with van der Waals surface area (Å²) in [4.78, 5) is 2.67. The molecule has 0 spiro atoms. The Hall–Kier alpha value is -1.08. The fraction of sp³-hybridized carbons (Fsp3) is 0.467. The van der Waals surface area contributed by atoms with Gasteiger partial charge in [-0.2, -0.15) is 0 Å². The zero-order valence-electron chi connectivity index (χ0n) is 9.73. The van der Waals surface area contributed by atoms with Crippen LogP contribution < -0.4 is 0 Å². The van der Waals surface area contributed by atoms with E-state index in [1.807, 2.05) is 0 Å². The van der Waals surface area contributed by atoms with Crippen LogP contribution in [0.1, 0.15) is 31.2 Å². The van der Waals surface area contributed by atoms with Crippen LogP contribution in [0.4, 0.5) is 0 Å². The van der Waals surface area contributed by atoms with Gasteiger partial charge in [0.05, 0.1) is 0 Å². The number of hydrogen-bond donors (Lipinski definition) is 0. The zero-order chi connectivity index (χ0) is 11.0. The lowest BCUT2D eigenvalue weighted by Gasteiger charge is -2.36. The maximum atomic E-state index is 4.24. The van der Waals surface area contributed by atoms with Crippen LogP contribution in [0.5, 0.6) is 0 Å². The molecule has 2 atom stereocenters. The summed E-state index contributed by atoms with van der Waals surface area (Å²) in [5.41, 5.74) is 2.90. The lowest BCUT2D eigenvalue weighted by molar-refractivity contribution is 0.168. The standard InChI is InChI=1S/C15H19N/c1-12-7-8-14-9-10-15(12)16(14)11-13-5-3-2-4-6-13/h2-6,14-15H,1,7-11H2. The van der Waals surface area contributed by atoms with Gasteiger partial charge in [-0.1, -0.05) is 42.5 Å². The van der Waals surface area contributed by atoms with Gasteiger partial charge in [-0.3, -0.25) is 4.90 Å². The summed E-state index contributed by atoms with van der Waals surface area (Å²) >= 11 is 0. The highest BCUT2D eigenvalue weighted by Gasteiger charge is 2.38. The Morgan fingerprint density at radius 2 is 1.94 bits per heavy atom. The molecule has 0 saturated carbocycles. The van der Waals surface area contributed by atoms with Gasteiger partial charge >= 0.3 is 0 Å². The fourth-order valence-corrected chi connectivity index (χ4v) is 3.24. The van der Waals surface area contributed by atoms with E-state index in [0.717, 1.165) is 12.6 Å². The van der Waals surface area contributed by atoms with E-state index in [4.69, 9.17) is 0 Å². The van der Waals surface area contributed by atoms with Crippen molar-refractivity contribution in [2.45, 2.75) is 44.3 Å². The van der Waals surface area contributed by atoms with E-state index in [1.165, 1.54) is 36.8 Å². The van der Waals surface area contributed by atoms with Gasteiger partial charge < -0.3 is 0 Å². The number of hydrogen-bond acceptors (Lipinski definition) is 1. The van der Waals surface area contributed by atoms with E-state index in [9.17, 15) is 0 Å². The first kappa shape index (κ1) is 10.1. The molecule has 3 rings (SSSR count). The molecule has 0 radical (unpaired) electrons. The SMILES string of the molecule is C=C1CCC2CCC1N2Cc1ccccc1. The van der Waals surface area contributed by atoms with Crippen molar-refractivity contribution in [3.63, 3.8) is 0 Å². The number of benzene rings is 1. The highest BCUT2D eigenvalue weighted by atomic mass is 15.2. The lowest BCUT2D eigenvalue weighted by Crippen LogP contribution is -2.40. The van der Waals surface area contributed by atoms with Crippen LogP contribution in [0.2, 0.25) is 0 Å². The average molecular weight is 213 g/mol. The van der Waals surface area contributed by atoms with E-state index in [2.05, 4.69) is 41.8 Å². The molecule has 2 aliphatic rings. The van der Waals surface area contributed by atoms with Crippen molar-refractivity contribution in [2.24, 2.45) is 0 Å². The Balaban J connectivity index is 1.78. The lowest BCUT2D eigenvalue weighted by atomic mass is 9.97. The first-order valence-electron chi connectivity index (χ1n) is 6.32. The zero-order valence-corrected chi connectivity index (χ0v) is 9.73. The topological polar surface area (TPSA) is 3.24 Å². The molecule has 2 unspecified atom stereocenters. The normalized spacial score (nSPS) is 29.6. The molecule has 84 valence electrons. The van der Waals surface area contributed by atoms with Gasteiger partial charge in [-0.25, -0.2) is 0 Å². The predicted molar refractivity (Wildman–Crippen MR) is 67.2 cm³/mol. The highest BCUT2D eigenvalue weighted by molar-refractivity contribution is 5.19. The summed E-state index contributed by atoms with van der Waals surface area (Å²) in [6.45, 7) is 5.35. The molecule has 2 bridgehead atoms. The van der Waals surface area contributed by atoms with Crippen molar-refractivity contribution in [2.75, 3.05) is 0 Å². The molecule has 1 aromatic carbocycles. The third kappa shape index (κ3) is 1.69. The maximum absolute atomic E-state index is 4.24. The third-order valence-electron chi connectivity index (χ3n) is 4.12. The Kier molecular flexibility index (Phi) is 2.56. The van der Waals surface area contributed by atoms with Crippen molar-refractivity contribution in [1.82, 2.24) is 4.90 Å². The van der Waals surface area contributed by atoms with Crippen LogP contribution in [-0.2, 0) is 6.54 Å². The minimum Gasteiger partial charge on any atom is -0.289 e. The molecule has 0 aromatic heterocycles. The van der Waals surface area contributed by atoms with Gasteiger partial charge in [-0.15, -0.1) is 0 Å². The quantitative estimate of drug-likeness (QED) is 0.681. The molecule has 0 aliphatic carbocycles. The van der Waals surface area contributed by atoms with Gasteiger partial charge in [-0.05, 0) is 31.2 Å². The average Bonchev–Trinajstić information content (AvgIpc) is 2.60. The van der Waals surface area contributed by atoms with Gasteiger partial charge in [0.2, 0.25) is 0 Å². The summed E-state index contributed by atoms with van der Waals surface area (Å²) in [5.74, 6) is 0. The molecule has 0 amide bonds. The molecule has 1 nitrogen and oxygen atoms in total. The third-order valence-corrected chi connectivity index (χ3v) is 4.12. The van der Waals surface area contributed by atoms with Gasteiger partial charge in [0.1, 0.15) is 0 Å². The second-order valence-corrected chi connectivity index (χ2v) is 5.10. The van der Waals surface area contributed by atoms with Crippen molar-refractivity contribution in [3.8, 4) is 0 Å². The second kappa shape index (κ2) is 4.06. The molecule has 0 N–H and O–H groups in total. The van der Waals surface area contributed by atoms with Crippen LogP contribution >= 0.6 is 0 Å². The molecule has 2 saturated heterocycles. The van der Waals surface area contributed by atoms with Crippen LogP contribution in [0, 0.1) is 0 Å². The monoisotopic (exact) mass is 213 g/mol. The molecule has 2 aliphatic heterocycles. The predicted octanol–water partition coefficient (Wildman–Crippen LogP) is 3.37. The summed E-state index contributed by atoms with van der Waals surface area (Å²) < 4.78 is 0. The molecule has 1 heteroatoms. The van der Waals surface area contributed by atoms with E-state index >= 15 is 0 Å². The Morgan fingerprint density at radius 1 is 1.12 bits per heavy atom. The van der Waals surface area contributed by atoms with E-state index in [1.54, 1.807) is 0 Å². The minimum absolute atomic E-state index is 0.666. The summed E-state index contributed by atoms with van der Waals surface area (Å²) in [5, 5.41) is 0. The molecule has 16 heavy (non-hydrogen) atoms. The number of fused-ring (bicyclic) bond motifs is 2. The Morgan fingerprint density at radius 3 is 2.75 bits per heavy atom. The van der Waals surface area contributed by atoms with Gasteiger partial charge in [0, 0.05) is 18.6 Å². The van der Waals surface area contributed by atoms with Crippen molar-refractivity contribution < 1.29 is 0 Å². The van der Waals surface area contributed by atoms with Gasteiger partial charge in [0.25, 0.3) is 0 Å². The van der Waals surface area contributed by atoms with Crippen LogP contribution in [0.15, 0.2) is 42.5 Å². The summed E-state index contributed by atoms with van der Waals surface area (Å²) in [6.07, 6.45) is 5.27. The maximum Gasteiger partial charge on any atom is 0.0312 e. The summed E-state index contributed by atoms with van der Waals surface area (Å²) in [6, 6.07) is 12.3. The highest BCUT2D eigenvalue weighted by Crippen LogP contribution is 2.38. The largest absolute Gasteiger partial charge is 0.289 e. The van der Waals surface area contributed by atoms with Crippen molar-refractivity contribution >= 4 is 0 Å². The Bertz CT molecular complexity index is 382. The van der Waals surface area contributed by atoms with E-state index < -0.39 is 0 Å².